The van der Waals surface area contributed by atoms with Crippen LogP contribution in [0.4, 0.5) is 0 Å². The first-order chi connectivity index (χ1) is 6.51. The Hall–Kier alpha value is -0.410. The number of thiazole rings is 1. The fraction of sp³-hybridized carbons (Fsp3) is 0.727. The Kier molecular flexibility index (Phi) is 4.08. The molecule has 0 saturated carbocycles. The lowest BCUT2D eigenvalue weighted by atomic mass is 9.91. The molecule has 0 aliphatic rings. The molecule has 0 aliphatic carbocycles. The van der Waals surface area contributed by atoms with E-state index in [4.69, 9.17) is 5.11 Å². The minimum absolute atomic E-state index is 0.197. The van der Waals surface area contributed by atoms with Gasteiger partial charge >= 0.3 is 0 Å². The predicted octanol–water partition coefficient (Wildman–Crippen LogP) is 2.66. The van der Waals surface area contributed by atoms with E-state index in [1.807, 2.05) is 5.38 Å². The van der Waals surface area contributed by atoms with Crippen molar-refractivity contribution < 1.29 is 5.11 Å². The minimum atomic E-state index is 0.197. The van der Waals surface area contributed by atoms with Crippen molar-refractivity contribution in [3.8, 4) is 0 Å². The molecule has 80 valence electrons. The molecule has 0 fully saturated rings. The van der Waals surface area contributed by atoms with Crippen LogP contribution >= 0.6 is 11.3 Å². The van der Waals surface area contributed by atoms with Gasteiger partial charge in [-0.05, 0) is 18.3 Å². The zero-order valence-corrected chi connectivity index (χ0v) is 10.0. The van der Waals surface area contributed by atoms with Gasteiger partial charge in [-0.2, -0.15) is 0 Å². The quantitative estimate of drug-likeness (QED) is 0.834. The number of aryl methyl sites for hydroxylation is 1. The summed E-state index contributed by atoms with van der Waals surface area (Å²) < 4.78 is 0. The van der Waals surface area contributed by atoms with Crippen LogP contribution in [0.1, 0.15) is 37.9 Å². The van der Waals surface area contributed by atoms with Crippen molar-refractivity contribution >= 4 is 11.3 Å². The van der Waals surface area contributed by atoms with Crippen LogP contribution in [0.3, 0.4) is 0 Å². The second-order valence-corrected chi connectivity index (χ2v) is 5.71. The summed E-state index contributed by atoms with van der Waals surface area (Å²) in [5.41, 5.74) is 1.41. The van der Waals surface area contributed by atoms with Gasteiger partial charge in [0.2, 0.25) is 0 Å². The van der Waals surface area contributed by atoms with E-state index >= 15 is 0 Å². The van der Waals surface area contributed by atoms with E-state index in [1.165, 1.54) is 11.4 Å². The molecule has 14 heavy (non-hydrogen) atoms. The number of rotatable bonds is 4. The minimum Gasteiger partial charge on any atom is -0.396 e. The molecule has 1 aromatic heterocycles. The standard InChI is InChI=1S/C11H19NOS/c1-11(2,3)6-4-10-12-9(5-7-13)8-14-10/h8,13H,4-7H2,1-3H3. The highest BCUT2D eigenvalue weighted by Gasteiger charge is 2.11. The smallest absolute Gasteiger partial charge is 0.0928 e. The molecule has 0 amide bonds. The number of hydrogen-bond donors (Lipinski definition) is 1. The molecule has 0 aliphatic heterocycles. The lowest BCUT2D eigenvalue weighted by Crippen LogP contribution is -2.06. The van der Waals surface area contributed by atoms with Crippen molar-refractivity contribution in [2.45, 2.75) is 40.0 Å². The van der Waals surface area contributed by atoms with Crippen molar-refractivity contribution in [1.82, 2.24) is 4.98 Å². The monoisotopic (exact) mass is 213 g/mol. The van der Waals surface area contributed by atoms with Crippen LogP contribution in [-0.2, 0) is 12.8 Å². The fourth-order valence-corrected chi connectivity index (χ4v) is 2.01. The van der Waals surface area contributed by atoms with Gasteiger partial charge in [0.25, 0.3) is 0 Å². The van der Waals surface area contributed by atoms with E-state index in [0.29, 0.717) is 11.8 Å². The summed E-state index contributed by atoms with van der Waals surface area (Å²) in [5, 5.41) is 12.0. The van der Waals surface area contributed by atoms with Crippen LogP contribution in [0.25, 0.3) is 0 Å². The van der Waals surface area contributed by atoms with Crippen LogP contribution in [0.15, 0.2) is 5.38 Å². The van der Waals surface area contributed by atoms with E-state index in [9.17, 15) is 0 Å². The molecule has 0 spiro atoms. The molecule has 0 atom stereocenters. The molecule has 0 radical (unpaired) electrons. The van der Waals surface area contributed by atoms with E-state index < -0.39 is 0 Å². The molecule has 0 aromatic carbocycles. The molecular weight excluding hydrogens is 194 g/mol. The maximum Gasteiger partial charge on any atom is 0.0928 e. The van der Waals surface area contributed by atoms with Gasteiger partial charge in [-0.1, -0.05) is 20.8 Å². The highest BCUT2D eigenvalue weighted by molar-refractivity contribution is 7.09. The largest absolute Gasteiger partial charge is 0.396 e. The summed E-state index contributed by atoms with van der Waals surface area (Å²) in [4.78, 5) is 4.46. The molecule has 2 nitrogen and oxygen atoms in total. The third-order valence-electron chi connectivity index (χ3n) is 2.06. The van der Waals surface area contributed by atoms with Crippen molar-refractivity contribution in [3.05, 3.63) is 16.1 Å². The van der Waals surface area contributed by atoms with Gasteiger partial charge in [0.1, 0.15) is 0 Å². The van der Waals surface area contributed by atoms with Crippen molar-refractivity contribution in [2.24, 2.45) is 5.41 Å². The lowest BCUT2D eigenvalue weighted by molar-refractivity contribution is 0.298. The first-order valence-electron chi connectivity index (χ1n) is 5.05. The average molecular weight is 213 g/mol. The summed E-state index contributed by atoms with van der Waals surface area (Å²) in [5.74, 6) is 0. The first-order valence-corrected chi connectivity index (χ1v) is 5.93. The number of nitrogens with zero attached hydrogens (tertiary/aromatic N) is 1. The van der Waals surface area contributed by atoms with Gasteiger partial charge in [0, 0.05) is 18.4 Å². The predicted molar refractivity (Wildman–Crippen MR) is 60.7 cm³/mol. The molecule has 0 saturated heterocycles. The molecule has 1 aromatic rings. The molecule has 1 N–H and O–H groups in total. The number of aliphatic hydroxyl groups is 1. The summed E-state index contributed by atoms with van der Waals surface area (Å²) in [7, 11) is 0. The van der Waals surface area contributed by atoms with Crippen LogP contribution in [0.5, 0.6) is 0 Å². The molecule has 1 heterocycles. The molecule has 1 rings (SSSR count). The summed E-state index contributed by atoms with van der Waals surface area (Å²) in [6, 6.07) is 0. The van der Waals surface area contributed by atoms with E-state index in [1.54, 1.807) is 11.3 Å². The number of hydrogen-bond acceptors (Lipinski definition) is 3. The zero-order valence-electron chi connectivity index (χ0n) is 9.21. The van der Waals surface area contributed by atoms with E-state index in [-0.39, 0.29) is 6.61 Å². The Balaban J connectivity index is 2.44. The van der Waals surface area contributed by atoms with Crippen LogP contribution in [0.2, 0.25) is 0 Å². The molecular formula is C11H19NOS. The second kappa shape index (κ2) is 4.89. The normalized spacial score (nSPS) is 12.0. The van der Waals surface area contributed by atoms with Gasteiger partial charge in [-0.3, -0.25) is 0 Å². The van der Waals surface area contributed by atoms with E-state index in [2.05, 4.69) is 25.8 Å². The van der Waals surface area contributed by atoms with Crippen molar-refractivity contribution in [2.75, 3.05) is 6.61 Å². The number of aliphatic hydroxyl groups excluding tert-OH is 1. The van der Waals surface area contributed by atoms with E-state index in [0.717, 1.165) is 12.1 Å². The Morgan fingerprint density at radius 2 is 2.07 bits per heavy atom. The topological polar surface area (TPSA) is 33.1 Å². The highest BCUT2D eigenvalue weighted by atomic mass is 32.1. The van der Waals surface area contributed by atoms with Gasteiger partial charge in [-0.25, -0.2) is 4.98 Å². The van der Waals surface area contributed by atoms with Crippen molar-refractivity contribution in [3.63, 3.8) is 0 Å². The third kappa shape index (κ3) is 4.20. The van der Waals surface area contributed by atoms with Gasteiger partial charge in [0.15, 0.2) is 0 Å². The van der Waals surface area contributed by atoms with Crippen LogP contribution < -0.4 is 0 Å². The molecule has 0 unspecified atom stereocenters. The van der Waals surface area contributed by atoms with Gasteiger partial charge < -0.3 is 5.11 Å². The Morgan fingerprint density at radius 3 is 2.64 bits per heavy atom. The summed E-state index contributed by atoms with van der Waals surface area (Å²) in [6.07, 6.45) is 2.91. The average Bonchev–Trinajstić information content (AvgIpc) is 2.49. The lowest BCUT2D eigenvalue weighted by Gasteiger charge is -2.16. The van der Waals surface area contributed by atoms with Crippen LogP contribution in [0, 0.1) is 5.41 Å². The Morgan fingerprint density at radius 1 is 1.36 bits per heavy atom. The summed E-state index contributed by atoms with van der Waals surface area (Å²) >= 11 is 1.71. The Labute approximate surface area is 90.0 Å². The van der Waals surface area contributed by atoms with Gasteiger partial charge in [0.05, 0.1) is 10.7 Å². The van der Waals surface area contributed by atoms with Crippen LogP contribution in [-0.4, -0.2) is 16.7 Å². The number of aromatic nitrogens is 1. The maximum atomic E-state index is 8.75. The second-order valence-electron chi connectivity index (χ2n) is 4.77. The molecule has 0 bridgehead atoms. The third-order valence-corrected chi connectivity index (χ3v) is 3.01. The zero-order chi connectivity index (χ0) is 10.6. The van der Waals surface area contributed by atoms with Gasteiger partial charge in [-0.15, -0.1) is 11.3 Å². The Bertz CT molecular complexity index is 275. The SMILES string of the molecule is CC(C)(C)CCc1nc(CCO)cs1. The fourth-order valence-electron chi connectivity index (χ4n) is 1.18. The van der Waals surface area contributed by atoms with Crippen molar-refractivity contribution in [1.29, 1.82) is 0 Å². The summed E-state index contributed by atoms with van der Waals surface area (Å²) in [6.45, 7) is 6.93. The highest BCUT2D eigenvalue weighted by Crippen LogP contribution is 2.22. The maximum absolute atomic E-state index is 8.75. The first kappa shape index (κ1) is 11.7. The molecule has 3 heteroatoms.